The number of ether oxygens (including phenoxy) is 1. The zero-order valence-corrected chi connectivity index (χ0v) is 9.36. The van der Waals surface area contributed by atoms with Crippen LogP contribution in [0.3, 0.4) is 0 Å². The van der Waals surface area contributed by atoms with Gasteiger partial charge in [0.05, 0.1) is 19.6 Å². The second-order valence-corrected chi connectivity index (χ2v) is 3.08. The van der Waals surface area contributed by atoms with E-state index in [1.54, 1.807) is 4.90 Å². The molecule has 0 saturated carbocycles. The van der Waals surface area contributed by atoms with E-state index in [9.17, 15) is 9.59 Å². The lowest BCUT2D eigenvalue weighted by Crippen LogP contribution is -2.33. The summed E-state index contributed by atoms with van der Waals surface area (Å²) < 4.78 is 5.10. The molecule has 0 aromatic heterocycles. The van der Waals surface area contributed by atoms with Crippen LogP contribution in [0.15, 0.2) is 0 Å². The molecule has 0 bridgehead atoms. The van der Waals surface area contributed by atoms with Gasteiger partial charge >= 0.3 is 5.97 Å². The van der Waals surface area contributed by atoms with Crippen molar-refractivity contribution in [3.8, 4) is 0 Å². The van der Waals surface area contributed by atoms with Gasteiger partial charge in [0.25, 0.3) is 0 Å². The molecule has 0 radical (unpaired) electrons. The summed E-state index contributed by atoms with van der Waals surface area (Å²) in [5.74, 6) is -0.772. The number of hydrogen-bond donors (Lipinski definition) is 1. The molecule has 0 heterocycles. The van der Waals surface area contributed by atoms with Crippen LogP contribution in [0.4, 0.5) is 0 Å². The molecule has 0 aliphatic carbocycles. The van der Waals surface area contributed by atoms with Crippen LogP contribution in [-0.4, -0.2) is 48.2 Å². The Bertz CT molecular complexity index is 206. The summed E-state index contributed by atoms with van der Waals surface area (Å²) in [4.78, 5) is 23.1. The minimum atomic E-state index is -0.869. The second-order valence-electron chi connectivity index (χ2n) is 3.08. The highest BCUT2D eigenvalue weighted by atomic mass is 16.5. The molecule has 15 heavy (non-hydrogen) atoms. The van der Waals surface area contributed by atoms with E-state index in [1.807, 2.05) is 13.8 Å². The third kappa shape index (κ3) is 6.90. The molecule has 0 saturated heterocycles. The molecular formula is C10H19NO4. The Morgan fingerprint density at radius 3 is 2.40 bits per heavy atom. The molecule has 0 atom stereocenters. The lowest BCUT2D eigenvalue weighted by molar-refractivity contribution is -0.138. The first-order valence-electron chi connectivity index (χ1n) is 5.19. The molecule has 0 fully saturated rings. The van der Waals surface area contributed by atoms with E-state index in [1.165, 1.54) is 0 Å². The van der Waals surface area contributed by atoms with Crippen LogP contribution in [0.2, 0.25) is 0 Å². The molecule has 88 valence electrons. The quantitative estimate of drug-likeness (QED) is 0.609. The fraction of sp³-hybridized carbons (Fsp3) is 0.800. The lowest BCUT2D eigenvalue weighted by atomic mass is 10.4. The number of carboxylic acid groups (broad SMARTS) is 1. The lowest BCUT2D eigenvalue weighted by Gasteiger charge is -2.19. The summed E-state index contributed by atoms with van der Waals surface area (Å²) >= 11 is 0. The average Bonchev–Trinajstić information content (AvgIpc) is 2.22. The number of rotatable bonds is 8. The third-order valence-electron chi connectivity index (χ3n) is 2.00. The Hall–Kier alpha value is -1.10. The number of carbonyl (C=O) groups is 2. The van der Waals surface area contributed by atoms with Crippen LogP contribution in [-0.2, 0) is 14.3 Å². The Kier molecular flexibility index (Phi) is 7.62. The van der Waals surface area contributed by atoms with Crippen molar-refractivity contribution >= 4 is 11.9 Å². The van der Waals surface area contributed by atoms with Gasteiger partial charge in [-0.1, -0.05) is 6.92 Å². The Morgan fingerprint density at radius 2 is 1.93 bits per heavy atom. The topological polar surface area (TPSA) is 66.8 Å². The highest BCUT2D eigenvalue weighted by Crippen LogP contribution is 1.94. The molecule has 0 aliphatic heterocycles. The average molecular weight is 217 g/mol. The van der Waals surface area contributed by atoms with E-state index in [4.69, 9.17) is 9.84 Å². The van der Waals surface area contributed by atoms with Crippen LogP contribution >= 0.6 is 0 Å². The number of aliphatic carboxylic acids is 1. The summed E-state index contributed by atoms with van der Waals surface area (Å²) in [6.07, 6.45) is 0.497. The Labute approximate surface area is 90.0 Å². The summed E-state index contributed by atoms with van der Waals surface area (Å²) in [5.41, 5.74) is 0. The van der Waals surface area contributed by atoms with Crippen molar-refractivity contribution in [1.82, 2.24) is 4.90 Å². The molecule has 5 nitrogen and oxygen atoms in total. The highest BCUT2D eigenvalue weighted by Gasteiger charge is 2.08. The molecule has 0 aliphatic rings. The fourth-order valence-electron chi connectivity index (χ4n) is 1.12. The maximum Gasteiger partial charge on any atom is 0.305 e. The van der Waals surface area contributed by atoms with Crippen LogP contribution in [0, 0.1) is 0 Å². The molecule has 0 aromatic carbocycles. The van der Waals surface area contributed by atoms with Crippen LogP contribution < -0.4 is 0 Å². The van der Waals surface area contributed by atoms with Gasteiger partial charge in [0, 0.05) is 19.5 Å². The number of nitrogens with zero attached hydrogens (tertiary/aromatic N) is 1. The van der Waals surface area contributed by atoms with Crippen molar-refractivity contribution in [2.75, 3.05) is 26.3 Å². The predicted molar refractivity (Wildman–Crippen MR) is 55.6 cm³/mol. The molecular weight excluding hydrogens is 198 g/mol. The zero-order valence-electron chi connectivity index (χ0n) is 9.36. The minimum absolute atomic E-state index is 0.00779. The van der Waals surface area contributed by atoms with Gasteiger partial charge in [-0.3, -0.25) is 9.59 Å². The van der Waals surface area contributed by atoms with E-state index < -0.39 is 5.97 Å². The number of carboxylic acids is 1. The van der Waals surface area contributed by atoms with E-state index in [-0.39, 0.29) is 18.9 Å². The SMILES string of the molecule is CCC(=O)N(CC)CCOCCC(=O)O. The molecule has 1 N–H and O–H groups in total. The monoisotopic (exact) mass is 217 g/mol. The van der Waals surface area contributed by atoms with Gasteiger partial charge in [0.2, 0.25) is 5.91 Å². The highest BCUT2D eigenvalue weighted by molar-refractivity contribution is 5.75. The maximum atomic E-state index is 11.3. The minimum Gasteiger partial charge on any atom is -0.481 e. The van der Waals surface area contributed by atoms with Gasteiger partial charge in [0.15, 0.2) is 0 Å². The number of amides is 1. The smallest absolute Gasteiger partial charge is 0.305 e. The van der Waals surface area contributed by atoms with Gasteiger partial charge in [-0.25, -0.2) is 0 Å². The van der Waals surface area contributed by atoms with Crippen LogP contribution in [0.5, 0.6) is 0 Å². The third-order valence-corrected chi connectivity index (χ3v) is 2.00. The summed E-state index contributed by atoms with van der Waals surface area (Å²) in [7, 11) is 0. The first-order valence-corrected chi connectivity index (χ1v) is 5.19. The molecule has 0 rings (SSSR count). The van der Waals surface area contributed by atoms with Gasteiger partial charge in [-0.2, -0.15) is 0 Å². The van der Waals surface area contributed by atoms with E-state index in [0.717, 1.165) is 0 Å². The summed E-state index contributed by atoms with van der Waals surface area (Å²) in [5, 5.41) is 8.35. The summed E-state index contributed by atoms with van der Waals surface area (Å²) in [6.45, 7) is 5.51. The maximum absolute atomic E-state index is 11.3. The molecule has 0 spiro atoms. The Balaban J connectivity index is 3.55. The van der Waals surface area contributed by atoms with Gasteiger partial charge in [0.1, 0.15) is 0 Å². The van der Waals surface area contributed by atoms with Crippen molar-refractivity contribution in [2.24, 2.45) is 0 Å². The first kappa shape index (κ1) is 13.9. The number of carbonyl (C=O) groups excluding carboxylic acids is 1. The number of likely N-dealkylation sites (N-methyl/N-ethyl adjacent to an activating group) is 1. The van der Waals surface area contributed by atoms with Gasteiger partial charge in [-0.05, 0) is 6.92 Å². The van der Waals surface area contributed by atoms with E-state index in [2.05, 4.69) is 0 Å². The zero-order chi connectivity index (χ0) is 11.7. The first-order chi connectivity index (χ1) is 7.11. The molecule has 0 unspecified atom stereocenters. The standard InChI is InChI=1S/C10H19NO4/c1-3-9(12)11(4-2)6-8-15-7-5-10(13)14/h3-8H2,1-2H3,(H,13,14). The normalized spacial score (nSPS) is 10.0. The van der Waals surface area contributed by atoms with E-state index >= 15 is 0 Å². The van der Waals surface area contributed by atoms with Crippen molar-refractivity contribution in [1.29, 1.82) is 0 Å². The van der Waals surface area contributed by atoms with Crippen molar-refractivity contribution in [2.45, 2.75) is 26.7 Å². The Morgan fingerprint density at radius 1 is 1.27 bits per heavy atom. The van der Waals surface area contributed by atoms with Crippen molar-refractivity contribution in [3.63, 3.8) is 0 Å². The van der Waals surface area contributed by atoms with E-state index in [0.29, 0.717) is 26.1 Å². The second kappa shape index (κ2) is 8.23. The van der Waals surface area contributed by atoms with Crippen LogP contribution in [0.1, 0.15) is 26.7 Å². The largest absolute Gasteiger partial charge is 0.481 e. The molecule has 5 heteroatoms. The van der Waals surface area contributed by atoms with Crippen molar-refractivity contribution < 1.29 is 19.4 Å². The summed E-state index contributed by atoms with van der Waals surface area (Å²) in [6, 6.07) is 0. The molecule has 1 amide bonds. The fourth-order valence-corrected chi connectivity index (χ4v) is 1.12. The van der Waals surface area contributed by atoms with Gasteiger partial charge < -0.3 is 14.7 Å². The van der Waals surface area contributed by atoms with Crippen molar-refractivity contribution in [3.05, 3.63) is 0 Å². The van der Waals surface area contributed by atoms with Crippen LogP contribution in [0.25, 0.3) is 0 Å². The molecule has 0 aromatic rings. The predicted octanol–water partition coefficient (Wildman–Crippen LogP) is 0.736. The van der Waals surface area contributed by atoms with Gasteiger partial charge in [-0.15, -0.1) is 0 Å². The number of hydrogen-bond acceptors (Lipinski definition) is 3.